The molecule has 4 fully saturated rings. The molecule has 1 aliphatic carbocycles. The standard InChI is InChI=1S/C38H52F3N7O7S/c1-20(2)28(47(5)36(52)32(24-7-6-8-24)46-34(51)29-14-23-9-11-48(29)12-10-23)16-30(55-22(4)49)35-45-27(19-56-35)33(50)44-26(13-21(3)37(53)54)15-31-42-17-25(18-43-31)38(39,40)41/h17-21,23-24,26,28-30,32H,6-16H2,1-5H3,(H,44,50)(H,46,51)(H,53,54)/t21-,26+,28+,29+,30+,32-/m0/s1. The van der Waals surface area contributed by atoms with Gasteiger partial charge in [0.2, 0.25) is 11.8 Å². The second-order valence-corrected chi connectivity index (χ2v) is 16.7. The van der Waals surface area contributed by atoms with Gasteiger partial charge in [0.25, 0.3) is 5.91 Å². The Morgan fingerprint density at radius 2 is 1.70 bits per heavy atom. The molecule has 3 N–H and O–H groups in total. The normalized spacial score (nSPS) is 22.3. The quantitative estimate of drug-likeness (QED) is 0.189. The van der Waals surface area contributed by atoms with E-state index in [1.54, 1.807) is 11.9 Å². The van der Waals surface area contributed by atoms with Gasteiger partial charge in [0.1, 0.15) is 22.6 Å². The lowest BCUT2D eigenvalue weighted by Gasteiger charge is -2.45. The van der Waals surface area contributed by atoms with E-state index in [4.69, 9.17) is 4.74 Å². The Morgan fingerprint density at radius 3 is 2.21 bits per heavy atom. The molecule has 3 aliphatic heterocycles. The number of fused-ring (bicyclic) bond motifs is 3. The van der Waals surface area contributed by atoms with Crippen LogP contribution in [0.15, 0.2) is 17.8 Å². The molecule has 308 valence electrons. The van der Waals surface area contributed by atoms with Gasteiger partial charge in [-0.3, -0.25) is 28.9 Å². The van der Waals surface area contributed by atoms with Crippen LogP contribution in [-0.4, -0.2) is 104 Å². The molecule has 6 rings (SSSR count). The van der Waals surface area contributed by atoms with Crippen LogP contribution in [0.1, 0.15) is 112 Å². The monoisotopic (exact) mass is 807 g/mol. The van der Waals surface area contributed by atoms with Crippen molar-refractivity contribution in [2.75, 3.05) is 20.1 Å². The number of nitrogens with one attached hydrogen (secondary N) is 2. The highest BCUT2D eigenvalue weighted by Crippen LogP contribution is 2.36. The number of amides is 3. The van der Waals surface area contributed by atoms with Gasteiger partial charge in [0.15, 0.2) is 6.10 Å². The van der Waals surface area contributed by atoms with E-state index in [2.05, 4.69) is 30.5 Å². The predicted octanol–water partition coefficient (Wildman–Crippen LogP) is 4.65. The second-order valence-electron chi connectivity index (χ2n) is 15.8. The summed E-state index contributed by atoms with van der Waals surface area (Å²) >= 11 is 1.07. The number of likely N-dealkylation sites (N-methyl/N-ethyl adjacent to an activating group) is 1. The van der Waals surface area contributed by atoms with Crippen molar-refractivity contribution in [1.82, 2.24) is 35.4 Å². The minimum atomic E-state index is -4.64. The average molecular weight is 808 g/mol. The average Bonchev–Trinajstić information content (AvgIpc) is 3.62. The molecule has 18 heteroatoms. The summed E-state index contributed by atoms with van der Waals surface area (Å²) in [6.07, 6.45) is 1.25. The zero-order chi connectivity index (χ0) is 40.9. The number of hydrogen-bond acceptors (Lipinski definition) is 11. The molecule has 0 unspecified atom stereocenters. The van der Waals surface area contributed by atoms with Gasteiger partial charge in [-0.2, -0.15) is 13.2 Å². The zero-order valence-electron chi connectivity index (χ0n) is 32.4. The number of piperidine rings is 3. The van der Waals surface area contributed by atoms with Crippen molar-refractivity contribution < 1.29 is 47.0 Å². The van der Waals surface area contributed by atoms with Gasteiger partial charge < -0.3 is 25.4 Å². The maximum absolute atomic E-state index is 14.3. The van der Waals surface area contributed by atoms with E-state index in [9.17, 15) is 42.3 Å². The Kier molecular flexibility index (Phi) is 14.1. The van der Waals surface area contributed by atoms with Crippen LogP contribution in [0, 0.1) is 23.7 Å². The number of carbonyl (C=O) groups is 5. The lowest BCUT2D eigenvalue weighted by Crippen LogP contribution is -2.61. The summed E-state index contributed by atoms with van der Waals surface area (Å²) in [4.78, 5) is 81.3. The van der Waals surface area contributed by atoms with E-state index in [0.717, 1.165) is 63.0 Å². The number of nitrogens with zero attached hydrogens (tertiary/aromatic N) is 5. The Morgan fingerprint density at radius 1 is 1.04 bits per heavy atom. The summed E-state index contributed by atoms with van der Waals surface area (Å²) in [6, 6.07) is -2.24. The number of carboxylic acids is 1. The number of rotatable bonds is 17. The molecule has 3 amide bonds. The van der Waals surface area contributed by atoms with Crippen LogP contribution in [0.25, 0.3) is 0 Å². The Hall–Kier alpha value is -4.19. The molecule has 2 bridgehead atoms. The number of carboxylic acid groups (broad SMARTS) is 1. The molecule has 0 radical (unpaired) electrons. The molecule has 56 heavy (non-hydrogen) atoms. The van der Waals surface area contributed by atoms with Gasteiger partial charge in [0.05, 0.1) is 17.5 Å². The Labute approximate surface area is 328 Å². The third kappa shape index (κ3) is 10.8. The van der Waals surface area contributed by atoms with Crippen LogP contribution >= 0.6 is 11.3 Å². The van der Waals surface area contributed by atoms with E-state index < -0.39 is 59.7 Å². The highest BCUT2D eigenvalue weighted by atomic mass is 32.1. The van der Waals surface area contributed by atoms with Crippen LogP contribution in [0.3, 0.4) is 0 Å². The van der Waals surface area contributed by atoms with E-state index in [0.29, 0.717) is 23.3 Å². The minimum Gasteiger partial charge on any atom is -0.481 e. The molecule has 0 spiro atoms. The number of alkyl halides is 3. The maximum atomic E-state index is 14.3. The van der Waals surface area contributed by atoms with Gasteiger partial charge in [-0.25, -0.2) is 15.0 Å². The van der Waals surface area contributed by atoms with Gasteiger partial charge in [-0.05, 0) is 69.4 Å². The highest BCUT2D eigenvalue weighted by molar-refractivity contribution is 7.09. The summed E-state index contributed by atoms with van der Waals surface area (Å²) in [5.41, 5.74) is -1.09. The Balaban J connectivity index is 1.29. The zero-order valence-corrected chi connectivity index (χ0v) is 33.2. The van der Waals surface area contributed by atoms with Crippen molar-refractivity contribution in [3.05, 3.63) is 39.9 Å². The number of esters is 1. The number of hydrogen-bond donors (Lipinski definition) is 3. The number of aliphatic carboxylic acids is 1. The fourth-order valence-corrected chi connectivity index (χ4v) is 8.71. The minimum absolute atomic E-state index is 0.0222. The van der Waals surface area contributed by atoms with Crippen molar-refractivity contribution >= 4 is 41.0 Å². The summed E-state index contributed by atoms with van der Waals surface area (Å²) in [5.74, 6) is -3.21. The molecule has 1 saturated carbocycles. The van der Waals surface area contributed by atoms with Crippen LogP contribution in [0.2, 0.25) is 0 Å². The third-order valence-electron chi connectivity index (χ3n) is 11.4. The molecule has 3 saturated heterocycles. The molecule has 14 nitrogen and oxygen atoms in total. The first-order valence-corrected chi connectivity index (χ1v) is 20.1. The first-order chi connectivity index (χ1) is 26.4. The van der Waals surface area contributed by atoms with Crippen molar-refractivity contribution in [1.29, 1.82) is 0 Å². The van der Waals surface area contributed by atoms with Gasteiger partial charge in [-0.15, -0.1) is 11.3 Å². The molecule has 4 aliphatic rings. The predicted molar refractivity (Wildman–Crippen MR) is 198 cm³/mol. The van der Waals surface area contributed by atoms with Gasteiger partial charge in [-0.1, -0.05) is 27.2 Å². The second kappa shape index (κ2) is 18.4. The molecule has 5 heterocycles. The molecule has 0 aromatic carbocycles. The summed E-state index contributed by atoms with van der Waals surface area (Å²) in [6.45, 7) is 8.36. The van der Waals surface area contributed by atoms with Crippen LogP contribution in [0.4, 0.5) is 13.2 Å². The van der Waals surface area contributed by atoms with Crippen molar-refractivity contribution in [3.63, 3.8) is 0 Å². The van der Waals surface area contributed by atoms with E-state index >= 15 is 0 Å². The summed E-state index contributed by atoms with van der Waals surface area (Å²) < 4.78 is 44.9. The van der Waals surface area contributed by atoms with Gasteiger partial charge in [0, 0.05) is 56.7 Å². The fraction of sp³-hybridized carbons (Fsp3) is 0.684. The largest absolute Gasteiger partial charge is 0.481 e. The number of thiazole rings is 1. The van der Waals surface area contributed by atoms with Gasteiger partial charge >= 0.3 is 18.1 Å². The topological polar surface area (TPSA) is 184 Å². The SMILES string of the molecule is CC(=O)O[C@H](C[C@H](C(C)C)N(C)C(=O)[C@@H](NC(=O)[C@H]1CC2CCN1CC2)C1CCC1)c1nc(C(=O)N[C@@H](Cc2ncc(C(F)(F)F)cn2)C[C@H](C)C(=O)O)cs1. The first-order valence-electron chi connectivity index (χ1n) is 19.3. The molecule has 6 atom stereocenters. The van der Waals surface area contributed by atoms with Crippen LogP contribution in [-0.2, 0) is 36.5 Å². The number of halogens is 3. The lowest BCUT2D eigenvalue weighted by molar-refractivity contribution is -0.149. The molecule has 2 aromatic rings. The van der Waals surface area contributed by atoms with Crippen molar-refractivity contribution in [2.45, 2.75) is 122 Å². The Bertz CT molecular complexity index is 1710. The summed E-state index contributed by atoms with van der Waals surface area (Å²) in [7, 11) is 1.70. The van der Waals surface area contributed by atoms with E-state index in [1.807, 2.05) is 13.8 Å². The van der Waals surface area contributed by atoms with E-state index in [1.165, 1.54) is 19.2 Å². The first kappa shape index (κ1) is 42.9. The number of aromatic nitrogens is 3. The van der Waals surface area contributed by atoms with Crippen LogP contribution in [0.5, 0.6) is 0 Å². The molecule has 2 aromatic heterocycles. The molecular formula is C38H52F3N7O7S. The lowest BCUT2D eigenvalue weighted by atomic mass is 9.78. The number of carbonyl (C=O) groups excluding carboxylic acids is 4. The third-order valence-corrected chi connectivity index (χ3v) is 12.3. The fourth-order valence-electron chi connectivity index (χ4n) is 7.87. The van der Waals surface area contributed by atoms with E-state index in [-0.39, 0.29) is 60.5 Å². The molecular weight excluding hydrogens is 756 g/mol. The summed E-state index contributed by atoms with van der Waals surface area (Å²) in [5, 5.41) is 17.1. The van der Waals surface area contributed by atoms with Crippen molar-refractivity contribution in [2.24, 2.45) is 23.7 Å². The maximum Gasteiger partial charge on any atom is 0.419 e. The van der Waals surface area contributed by atoms with Crippen molar-refractivity contribution in [3.8, 4) is 0 Å². The smallest absolute Gasteiger partial charge is 0.419 e. The number of ether oxygens (including phenoxy) is 1. The van der Waals surface area contributed by atoms with Crippen LogP contribution < -0.4 is 10.6 Å². The highest BCUT2D eigenvalue weighted by Gasteiger charge is 2.43.